The first kappa shape index (κ1) is 24.8. The van der Waals surface area contributed by atoms with Crippen molar-refractivity contribution in [3.8, 4) is 0 Å². The van der Waals surface area contributed by atoms with Gasteiger partial charge in [-0.2, -0.15) is 5.10 Å². The molecule has 1 aromatic rings. The van der Waals surface area contributed by atoms with Gasteiger partial charge in [-0.05, 0) is 123 Å². The molecule has 5 rings (SSSR count). The van der Waals surface area contributed by atoms with Gasteiger partial charge in [-0.1, -0.05) is 27.7 Å². The Morgan fingerprint density at radius 1 is 1.06 bits per heavy atom. The molecule has 4 heteroatoms. The quantitative estimate of drug-likeness (QED) is 0.483. The van der Waals surface area contributed by atoms with Gasteiger partial charge in [0.15, 0.2) is 0 Å². The number of hydrogen-bond donors (Lipinski definition) is 1. The average molecular weight is 471 g/mol. The van der Waals surface area contributed by atoms with Gasteiger partial charge in [-0.25, -0.2) is 0 Å². The van der Waals surface area contributed by atoms with E-state index in [4.69, 9.17) is 4.74 Å². The van der Waals surface area contributed by atoms with Gasteiger partial charge in [0.2, 0.25) is 0 Å². The van der Waals surface area contributed by atoms with Crippen LogP contribution in [-0.2, 0) is 11.3 Å². The lowest BCUT2D eigenvalue weighted by Gasteiger charge is -2.60. The molecule has 0 aliphatic heterocycles. The Labute approximate surface area is 208 Å². The maximum Gasteiger partial charge on any atom is 0.0769 e. The second kappa shape index (κ2) is 9.54. The molecule has 4 aliphatic rings. The van der Waals surface area contributed by atoms with Crippen LogP contribution in [0.4, 0.5) is 0 Å². The summed E-state index contributed by atoms with van der Waals surface area (Å²) >= 11 is 0. The van der Waals surface area contributed by atoms with Gasteiger partial charge in [-0.15, -0.1) is 0 Å². The molecule has 4 fully saturated rings. The van der Waals surface area contributed by atoms with Gasteiger partial charge in [-0.3, -0.25) is 4.68 Å². The van der Waals surface area contributed by atoms with E-state index in [1.54, 1.807) is 0 Å². The lowest BCUT2D eigenvalue weighted by atomic mass is 9.45. The fraction of sp³-hybridized carbons (Fsp3) is 0.900. The molecule has 1 heterocycles. The molecule has 0 radical (unpaired) electrons. The number of fused-ring (bicyclic) bond motifs is 5. The van der Waals surface area contributed by atoms with Crippen molar-refractivity contribution in [1.82, 2.24) is 9.78 Å². The number of aliphatic hydroxyl groups excluding tert-OH is 1. The monoisotopic (exact) mass is 470 g/mol. The van der Waals surface area contributed by atoms with Crippen LogP contribution < -0.4 is 0 Å². The smallest absolute Gasteiger partial charge is 0.0769 e. The number of aromatic nitrogens is 2. The van der Waals surface area contributed by atoms with Gasteiger partial charge in [0.05, 0.1) is 18.8 Å². The molecule has 192 valence electrons. The van der Waals surface area contributed by atoms with Crippen molar-refractivity contribution in [3.63, 3.8) is 0 Å². The summed E-state index contributed by atoms with van der Waals surface area (Å²) in [4.78, 5) is 0. The summed E-state index contributed by atoms with van der Waals surface area (Å²) in [5.74, 6) is 5.20. The maximum atomic E-state index is 11.4. The van der Waals surface area contributed by atoms with Crippen molar-refractivity contribution in [1.29, 1.82) is 0 Å². The summed E-state index contributed by atoms with van der Waals surface area (Å²) in [6.45, 7) is 14.2. The molecule has 0 saturated heterocycles. The first-order valence-corrected chi connectivity index (χ1v) is 14.5. The Hall–Kier alpha value is -0.870. The number of aliphatic hydroxyl groups is 1. The Kier molecular flexibility index (Phi) is 6.96. The van der Waals surface area contributed by atoms with Crippen LogP contribution in [0.15, 0.2) is 12.4 Å². The van der Waals surface area contributed by atoms with Crippen molar-refractivity contribution < 1.29 is 9.84 Å². The Morgan fingerprint density at radius 2 is 1.79 bits per heavy atom. The topological polar surface area (TPSA) is 47.3 Å². The molecule has 0 aromatic carbocycles. The zero-order chi connectivity index (χ0) is 24.1. The van der Waals surface area contributed by atoms with Gasteiger partial charge in [0.25, 0.3) is 0 Å². The molecule has 4 saturated carbocycles. The molecule has 0 amide bonds. The highest BCUT2D eigenvalue weighted by Crippen LogP contribution is 2.67. The second-order valence-electron chi connectivity index (χ2n) is 13.5. The molecule has 0 bridgehead atoms. The van der Waals surface area contributed by atoms with Crippen molar-refractivity contribution in [2.75, 3.05) is 13.2 Å². The summed E-state index contributed by atoms with van der Waals surface area (Å²) in [6.07, 6.45) is 16.0. The molecular formula is C30H50N2O2. The van der Waals surface area contributed by atoms with E-state index in [0.29, 0.717) is 29.2 Å². The lowest BCUT2D eigenvalue weighted by molar-refractivity contribution is -0.118. The van der Waals surface area contributed by atoms with Crippen LogP contribution in [0.5, 0.6) is 0 Å². The Balaban J connectivity index is 1.26. The van der Waals surface area contributed by atoms with Gasteiger partial charge in [0.1, 0.15) is 0 Å². The van der Waals surface area contributed by atoms with Crippen LogP contribution in [0.3, 0.4) is 0 Å². The Bertz CT molecular complexity index is 836. The number of ether oxygens (including phenoxy) is 1. The van der Waals surface area contributed by atoms with Crippen molar-refractivity contribution in [2.45, 2.75) is 111 Å². The highest BCUT2D eigenvalue weighted by atomic mass is 16.5. The van der Waals surface area contributed by atoms with Crippen LogP contribution >= 0.6 is 0 Å². The lowest BCUT2D eigenvalue weighted by Crippen LogP contribution is -2.53. The van der Waals surface area contributed by atoms with E-state index in [1.807, 2.05) is 10.9 Å². The van der Waals surface area contributed by atoms with Crippen LogP contribution in [0.1, 0.15) is 104 Å². The van der Waals surface area contributed by atoms with Crippen LogP contribution in [0, 0.1) is 46.3 Å². The minimum absolute atomic E-state index is 0.283. The van der Waals surface area contributed by atoms with Gasteiger partial charge < -0.3 is 9.84 Å². The largest absolute Gasteiger partial charge is 0.391 e. The summed E-state index contributed by atoms with van der Waals surface area (Å²) in [6, 6.07) is 0. The molecule has 34 heavy (non-hydrogen) atoms. The highest BCUT2D eigenvalue weighted by Gasteiger charge is 2.60. The number of hydrogen-bond acceptors (Lipinski definition) is 3. The SMILES string of the molecule is CCOCC1CCC2C3CCC4(C)C(C(O)Cn5cc(C(C)C)cn5)CCC4C3CC[C@]2(C)C1. The minimum atomic E-state index is -0.283. The first-order chi connectivity index (χ1) is 16.2. The predicted octanol–water partition coefficient (Wildman–Crippen LogP) is 6.68. The predicted molar refractivity (Wildman–Crippen MR) is 138 cm³/mol. The van der Waals surface area contributed by atoms with Crippen LogP contribution in [0.25, 0.3) is 0 Å². The standard InChI is InChI=1S/C30H50N2O2/c1-6-34-19-21-7-8-25-23-12-14-30(5)26(24(23)11-13-29(25,4)15-21)9-10-27(30)28(33)18-32-17-22(16-31-32)20(2)3/h16-17,20-21,23-28,33H,6-15,18-19H2,1-5H3/t21?,23?,24?,25?,26?,27?,28?,29-,30?/m1/s1. The number of rotatable bonds is 7. The maximum absolute atomic E-state index is 11.4. The summed E-state index contributed by atoms with van der Waals surface area (Å²) in [5.41, 5.74) is 2.10. The zero-order valence-electron chi connectivity index (χ0n) is 22.5. The van der Waals surface area contributed by atoms with Crippen LogP contribution in [0.2, 0.25) is 0 Å². The molecule has 4 aliphatic carbocycles. The minimum Gasteiger partial charge on any atom is -0.391 e. The van der Waals surface area contributed by atoms with Crippen LogP contribution in [-0.4, -0.2) is 34.2 Å². The zero-order valence-corrected chi connectivity index (χ0v) is 22.5. The van der Waals surface area contributed by atoms with E-state index in [1.165, 1.54) is 63.4 Å². The third-order valence-corrected chi connectivity index (χ3v) is 11.4. The normalized spacial score (nSPS) is 42.8. The van der Waals surface area contributed by atoms with Crippen molar-refractivity contribution in [2.24, 2.45) is 46.3 Å². The summed E-state index contributed by atoms with van der Waals surface area (Å²) < 4.78 is 7.83. The molecule has 0 spiro atoms. The molecule has 1 aromatic heterocycles. The Morgan fingerprint density at radius 3 is 2.53 bits per heavy atom. The molecule has 1 N–H and O–H groups in total. The van der Waals surface area contributed by atoms with Gasteiger partial charge >= 0.3 is 0 Å². The third kappa shape index (κ3) is 4.29. The highest BCUT2D eigenvalue weighted by molar-refractivity contribution is 5.11. The molecular weight excluding hydrogens is 420 g/mol. The molecule has 8 unspecified atom stereocenters. The first-order valence-electron chi connectivity index (χ1n) is 14.5. The fourth-order valence-electron chi connectivity index (χ4n) is 9.62. The van der Waals surface area contributed by atoms with E-state index >= 15 is 0 Å². The van der Waals surface area contributed by atoms with E-state index < -0.39 is 0 Å². The van der Waals surface area contributed by atoms with E-state index in [-0.39, 0.29) is 6.10 Å². The van der Waals surface area contributed by atoms with E-state index in [9.17, 15) is 5.11 Å². The molecule has 9 atom stereocenters. The average Bonchev–Trinajstić information content (AvgIpc) is 3.41. The third-order valence-electron chi connectivity index (χ3n) is 11.4. The summed E-state index contributed by atoms with van der Waals surface area (Å²) in [7, 11) is 0. The van der Waals surface area contributed by atoms with Crippen molar-refractivity contribution >= 4 is 0 Å². The fourth-order valence-corrected chi connectivity index (χ4v) is 9.62. The van der Waals surface area contributed by atoms with E-state index in [0.717, 1.165) is 42.8 Å². The summed E-state index contributed by atoms with van der Waals surface area (Å²) in [5, 5.41) is 16.0. The second-order valence-corrected chi connectivity index (χ2v) is 13.5. The van der Waals surface area contributed by atoms with E-state index in [2.05, 4.69) is 45.9 Å². The van der Waals surface area contributed by atoms with Gasteiger partial charge in [0, 0.05) is 19.4 Å². The molecule has 4 nitrogen and oxygen atoms in total. The van der Waals surface area contributed by atoms with Crippen molar-refractivity contribution in [3.05, 3.63) is 18.0 Å². The number of nitrogens with zero attached hydrogens (tertiary/aromatic N) is 2.